The highest BCUT2D eigenvalue weighted by Crippen LogP contribution is 2.41. The number of nitrogens with one attached hydrogen (secondary N) is 1. The Hall–Kier alpha value is -2.52. The van der Waals surface area contributed by atoms with Crippen molar-refractivity contribution in [2.45, 2.75) is 31.5 Å². The molecule has 10 nitrogen and oxygen atoms in total. The standard InChI is InChI=1S/C25H26ClFN4O6S2/c26-24-18(23-17-7-16(27)2-1-14(17)3-4-36-23)8-21(38-24)22(33)19-10-29-12-31-25(19)30-9-13-5-15(20(32)6-13)11-37-39(28,34)35/h1-2,7-8,10,12-13,15,20,23,32H,3-6,9,11H2,(H2,28,34,35)(H,29,30,31)/t13-,15?,20+,23?/m1/s1. The quantitative estimate of drug-likeness (QED) is 0.316. The fourth-order valence-corrected chi connectivity index (χ4v) is 6.73. The van der Waals surface area contributed by atoms with Gasteiger partial charge in [0.15, 0.2) is 0 Å². The number of aliphatic hydroxyl groups excluding tert-OH is 1. The minimum atomic E-state index is -4.09. The fraction of sp³-hybridized carbons (Fsp3) is 0.400. The van der Waals surface area contributed by atoms with Crippen molar-refractivity contribution >= 4 is 44.8 Å². The Labute approximate surface area is 233 Å². The van der Waals surface area contributed by atoms with Crippen molar-refractivity contribution in [3.8, 4) is 0 Å². The van der Waals surface area contributed by atoms with Gasteiger partial charge in [-0.1, -0.05) is 17.7 Å². The number of fused-ring (bicyclic) bond motifs is 1. The first kappa shape index (κ1) is 28.0. The van der Waals surface area contributed by atoms with Gasteiger partial charge >= 0.3 is 10.3 Å². The van der Waals surface area contributed by atoms with Gasteiger partial charge in [-0.15, -0.1) is 11.3 Å². The van der Waals surface area contributed by atoms with Gasteiger partial charge in [0, 0.05) is 24.2 Å². The van der Waals surface area contributed by atoms with Crippen LogP contribution in [0.1, 0.15) is 50.9 Å². The van der Waals surface area contributed by atoms with Crippen molar-refractivity contribution in [2.24, 2.45) is 17.0 Å². The molecular formula is C25H26ClFN4O6S2. The molecule has 2 unspecified atom stereocenters. The number of carbonyl (C=O) groups is 1. The van der Waals surface area contributed by atoms with E-state index < -0.39 is 22.5 Å². The summed E-state index contributed by atoms with van der Waals surface area (Å²) in [4.78, 5) is 22.1. The lowest BCUT2D eigenvalue weighted by Crippen LogP contribution is -2.24. The number of hydrogen-bond acceptors (Lipinski definition) is 10. The van der Waals surface area contributed by atoms with Crippen molar-refractivity contribution in [1.29, 1.82) is 0 Å². The second-order valence-electron chi connectivity index (χ2n) is 9.62. The van der Waals surface area contributed by atoms with E-state index in [1.807, 2.05) is 0 Å². The van der Waals surface area contributed by atoms with Gasteiger partial charge in [0.2, 0.25) is 5.78 Å². The molecule has 208 valence electrons. The van der Waals surface area contributed by atoms with E-state index in [4.69, 9.17) is 21.5 Å². The number of aromatic nitrogens is 2. The van der Waals surface area contributed by atoms with E-state index in [-0.39, 0.29) is 35.6 Å². The summed E-state index contributed by atoms with van der Waals surface area (Å²) >= 11 is 7.65. The fourth-order valence-electron chi connectivity index (χ4n) is 5.10. The number of ketones is 1. The molecule has 39 heavy (non-hydrogen) atoms. The topological polar surface area (TPSA) is 154 Å². The van der Waals surface area contributed by atoms with Crippen molar-refractivity contribution in [2.75, 3.05) is 25.1 Å². The minimum absolute atomic E-state index is 0.0151. The van der Waals surface area contributed by atoms with Crippen LogP contribution in [0.15, 0.2) is 36.8 Å². The predicted octanol–water partition coefficient (Wildman–Crippen LogP) is 3.24. The number of nitrogens with two attached hydrogens (primary N) is 1. The molecule has 0 saturated heterocycles. The highest BCUT2D eigenvalue weighted by Gasteiger charge is 2.34. The van der Waals surface area contributed by atoms with Gasteiger partial charge in [-0.25, -0.2) is 19.5 Å². The van der Waals surface area contributed by atoms with Crippen molar-refractivity contribution < 1.29 is 31.6 Å². The highest BCUT2D eigenvalue weighted by atomic mass is 35.5. The SMILES string of the molecule is NS(=O)(=O)OCC1C[C@@H](CNc2ncncc2C(=O)c2cc(C3OCCc4ccc(F)cc43)c(Cl)s2)C[C@@H]1O. The van der Waals surface area contributed by atoms with E-state index in [1.54, 1.807) is 12.1 Å². The van der Waals surface area contributed by atoms with Crippen molar-refractivity contribution in [1.82, 2.24) is 9.97 Å². The third-order valence-electron chi connectivity index (χ3n) is 6.98. The molecule has 2 aliphatic rings. The third-order valence-corrected chi connectivity index (χ3v) is 8.83. The van der Waals surface area contributed by atoms with Gasteiger partial charge < -0.3 is 15.2 Å². The summed E-state index contributed by atoms with van der Waals surface area (Å²) in [5.41, 5.74) is 2.50. The lowest BCUT2D eigenvalue weighted by Gasteiger charge is -2.26. The van der Waals surface area contributed by atoms with Crippen LogP contribution in [-0.4, -0.2) is 55.1 Å². The first-order chi connectivity index (χ1) is 18.6. The molecule has 4 N–H and O–H groups in total. The summed E-state index contributed by atoms with van der Waals surface area (Å²) in [5.74, 6) is -0.784. The van der Waals surface area contributed by atoms with Gasteiger partial charge in [0.25, 0.3) is 0 Å². The van der Waals surface area contributed by atoms with E-state index in [0.29, 0.717) is 58.6 Å². The largest absolute Gasteiger partial charge is 0.393 e. The Morgan fingerprint density at radius 2 is 2.13 bits per heavy atom. The van der Waals surface area contributed by atoms with E-state index in [2.05, 4.69) is 19.5 Å². The smallest absolute Gasteiger partial charge is 0.333 e. The summed E-state index contributed by atoms with van der Waals surface area (Å²) < 4.78 is 47.1. The Morgan fingerprint density at radius 1 is 1.31 bits per heavy atom. The zero-order chi connectivity index (χ0) is 27.7. The molecule has 1 aliphatic carbocycles. The van der Waals surface area contributed by atoms with Crippen LogP contribution in [0, 0.1) is 17.7 Å². The summed E-state index contributed by atoms with van der Waals surface area (Å²) in [6.45, 7) is 0.635. The van der Waals surface area contributed by atoms with Crippen LogP contribution in [0.5, 0.6) is 0 Å². The normalized spacial score (nSPS) is 23.0. The van der Waals surface area contributed by atoms with Crippen LogP contribution in [-0.2, 0) is 25.6 Å². The molecule has 14 heteroatoms. The number of nitrogens with zero attached hydrogens (tertiary/aromatic N) is 2. The van der Waals surface area contributed by atoms with Crippen molar-refractivity contribution in [3.05, 3.63) is 74.1 Å². The number of carbonyl (C=O) groups excluding carboxylic acids is 1. The summed E-state index contributed by atoms with van der Waals surface area (Å²) in [7, 11) is -4.09. The number of ether oxygens (including phenoxy) is 1. The molecule has 2 aromatic heterocycles. The molecule has 1 fully saturated rings. The third kappa shape index (κ3) is 6.46. The van der Waals surface area contributed by atoms with Crippen LogP contribution in [0.2, 0.25) is 4.34 Å². The molecule has 5 rings (SSSR count). The van der Waals surface area contributed by atoms with Gasteiger partial charge in [-0.2, -0.15) is 8.42 Å². The van der Waals surface area contributed by atoms with Crippen LogP contribution in [0.3, 0.4) is 0 Å². The molecule has 0 spiro atoms. The van der Waals surface area contributed by atoms with Crippen LogP contribution >= 0.6 is 22.9 Å². The van der Waals surface area contributed by atoms with E-state index in [0.717, 1.165) is 16.9 Å². The van der Waals surface area contributed by atoms with Gasteiger partial charge in [0.05, 0.1) is 34.1 Å². The van der Waals surface area contributed by atoms with Crippen LogP contribution in [0.4, 0.5) is 10.2 Å². The van der Waals surface area contributed by atoms with Gasteiger partial charge in [0.1, 0.15) is 24.1 Å². The molecule has 4 atom stereocenters. The lowest BCUT2D eigenvalue weighted by atomic mass is 9.94. The average Bonchev–Trinajstić information content (AvgIpc) is 3.46. The minimum Gasteiger partial charge on any atom is -0.393 e. The second kappa shape index (κ2) is 11.5. The molecule has 0 radical (unpaired) electrons. The zero-order valence-electron chi connectivity index (χ0n) is 20.5. The predicted molar refractivity (Wildman–Crippen MR) is 142 cm³/mol. The Balaban J connectivity index is 1.30. The first-order valence-electron chi connectivity index (χ1n) is 12.2. The maximum absolute atomic E-state index is 14.0. The van der Waals surface area contributed by atoms with Crippen LogP contribution < -0.4 is 10.5 Å². The van der Waals surface area contributed by atoms with Gasteiger partial charge in [-0.05, 0) is 54.5 Å². The molecule has 1 aromatic carbocycles. The van der Waals surface area contributed by atoms with Crippen LogP contribution in [0.25, 0.3) is 0 Å². The second-order valence-corrected chi connectivity index (χ2v) is 12.5. The number of hydrogen-bond donors (Lipinski definition) is 3. The zero-order valence-corrected chi connectivity index (χ0v) is 22.9. The summed E-state index contributed by atoms with van der Waals surface area (Å²) in [6.07, 6.45) is 3.00. The number of benzene rings is 1. The Morgan fingerprint density at radius 3 is 2.92 bits per heavy atom. The van der Waals surface area contributed by atoms with E-state index in [1.165, 1.54) is 24.7 Å². The number of thiophene rings is 1. The Kier molecular flexibility index (Phi) is 8.29. The van der Waals surface area contributed by atoms with Crippen molar-refractivity contribution in [3.63, 3.8) is 0 Å². The molecule has 3 aromatic rings. The molecule has 0 bridgehead atoms. The summed E-state index contributed by atoms with van der Waals surface area (Å²) in [5, 5.41) is 18.3. The Bertz CT molecular complexity index is 1490. The lowest BCUT2D eigenvalue weighted by molar-refractivity contribution is 0.0698. The van der Waals surface area contributed by atoms with Gasteiger partial charge in [-0.3, -0.25) is 8.98 Å². The number of rotatable bonds is 9. The summed E-state index contributed by atoms with van der Waals surface area (Å²) in [6, 6.07) is 6.26. The number of anilines is 1. The number of aliphatic hydroxyl groups is 1. The van der Waals surface area contributed by atoms with E-state index in [9.17, 15) is 22.7 Å². The highest BCUT2D eigenvalue weighted by molar-refractivity contribution is 7.84. The number of halogens is 2. The molecule has 0 amide bonds. The molecular weight excluding hydrogens is 571 g/mol. The molecule has 3 heterocycles. The molecule has 1 aliphatic heterocycles. The maximum atomic E-state index is 14.0. The first-order valence-corrected chi connectivity index (χ1v) is 14.9. The monoisotopic (exact) mass is 596 g/mol. The molecule has 1 saturated carbocycles. The maximum Gasteiger partial charge on any atom is 0.333 e. The van der Waals surface area contributed by atoms with E-state index >= 15 is 0 Å². The average molecular weight is 597 g/mol.